The van der Waals surface area contributed by atoms with Crippen LogP contribution in [-0.4, -0.2) is 55.9 Å². The molecule has 152 valence electrons. The van der Waals surface area contributed by atoms with Crippen LogP contribution in [0.2, 0.25) is 0 Å². The van der Waals surface area contributed by atoms with E-state index in [9.17, 15) is 0 Å². The predicted octanol–water partition coefficient (Wildman–Crippen LogP) is 2.58. The summed E-state index contributed by atoms with van der Waals surface area (Å²) < 4.78 is 41.0. The lowest BCUT2D eigenvalue weighted by atomic mass is 10.2. The van der Waals surface area contributed by atoms with E-state index >= 15 is 0 Å². The summed E-state index contributed by atoms with van der Waals surface area (Å²) >= 11 is 0. The fraction of sp³-hybridized carbons (Fsp3) is 0.684. The lowest BCUT2D eigenvalue weighted by Gasteiger charge is -2.31. The Morgan fingerprint density at radius 1 is 0.815 bits per heavy atom. The average molecular weight is 399 g/mol. The Labute approximate surface area is 162 Å². The van der Waals surface area contributed by atoms with E-state index in [1.807, 2.05) is 18.2 Å². The largest absolute Gasteiger partial charge is 0.540 e. The lowest BCUT2D eigenvalue weighted by molar-refractivity contribution is -0.118. The molecule has 0 amide bonds. The summed E-state index contributed by atoms with van der Waals surface area (Å²) in [5.41, 5.74) is 0. The molecule has 27 heavy (non-hydrogen) atoms. The molecule has 3 rings (SSSR count). The zero-order valence-corrected chi connectivity index (χ0v) is 17.4. The number of para-hydroxylation sites is 1. The summed E-state index contributed by atoms with van der Waals surface area (Å²) in [5, 5.41) is 0.720. The molecular weight excluding hydrogens is 368 g/mol. The highest BCUT2D eigenvalue weighted by atomic mass is 28.4. The zero-order chi connectivity index (χ0) is 19.1. The van der Waals surface area contributed by atoms with E-state index in [0.29, 0.717) is 24.7 Å². The van der Waals surface area contributed by atoms with Gasteiger partial charge in [-0.3, -0.25) is 0 Å². The molecule has 1 aromatic carbocycles. The lowest BCUT2D eigenvalue weighted by Crippen LogP contribution is -2.55. The molecule has 0 aliphatic carbocycles. The van der Waals surface area contributed by atoms with Gasteiger partial charge in [0.25, 0.3) is 0 Å². The van der Waals surface area contributed by atoms with Crippen molar-refractivity contribution < 1.29 is 32.2 Å². The molecule has 2 aliphatic heterocycles. The van der Waals surface area contributed by atoms with Crippen molar-refractivity contribution in [2.24, 2.45) is 0 Å². The van der Waals surface area contributed by atoms with Crippen molar-refractivity contribution in [1.82, 2.24) is 0 Å². The van der Waals surface area contributed by atoms with Crippen LogP contribution in [0.15, 0.2) is 18.2 Å². The fourth-order valence-corrected chi connectivity index (χ4v) is 5.35. The molecule has 0 aromatic heterocycles. The molecule has 7 nitrogen and oxygen atoms in total. The Balaban J connectivity index is 1.94. The Morgan fingerprint density at radius 2 is 1.41 bits per heavy atom. The maximum absolute atomic E-state index is 6.26. The highest BCUT2D eigenvalue weighted by Gasteiger charge is 2.45. The summed E-state index contributed by atoms with van der Waals surface area (Å²) in [7, 11) is 1.62. The molecule has 1 aromatic rings. The predicted molar refractivity (Wildman–Crippen MR) is 101 cm³/mol. The SMILES string of the molecule is CO[Si](OC)(OC)c1cccc(OC2CCCCO2)c1OC1CCCCO1. The van der Waals surface area contributed by atoms with Gasteiger partial charge in [0.2, 0.25) is 0 Å². The highest BCUT2D eigenvalue weighted by molar-refractivity contribution is 6.76. The van der Waals surface area contributed by atoms with Gasteiger partial charge in [-0.25, -0.2) is 0 Å². The van der Waals surface area contributed by atoms with Crippen LogP contribution in [-0.2, 0) is 22.8 Å². The van der Waals surface area contributed by atoms with Crippen molar-refractivity contribution >= 4 is 14.0 Å². The van der Waals surface area contributed by atoms with Gasteiger partial charge in [0, 0.05) is 34.2 Å². The molecule has 2 saturated heterocycles. The van der Waals surface area contributed by atoms with Crippen molar-refractivity contribution in [3.63, 3.8) is 0 Å². The minimum atomic E-state index is -3.12. The fourth-order valence-electron chi connectivity index (χ4n) is 3.43. The first-order valence-corrected chi connectivity index (χ1v) is 11.3. The van der Waals surface area contributed by atoms with Gasteiger partial charge in [-0.05, 0) is 31.7 Å². The van der Waals surface area contributed by atoms with Crippen LogP contribution in [0.25, 0.3) is 0 Å². The van der Waals surface area contributed by atoms with E-state index in [4.69, 9.17) is 32.2 Å². The summed E-state index contributed by atoms with van der Waals surface area (Å²) in [6.45, 7) is 1.40. The van der Waals surface area contributed by atoms with Crippen LogP contribution in [0.1, 0.15) is 38.5 Å². The van der Waals surface area contributed by atoms with Crippen LogP contribution in [0.4, 0.5) is 0 Å². The quantitative estimate of drug-likeness (QED) is 0.624. The van der Waals surface area contributed by atoms with Crippen molar-refractivity contribution in [1.29, 1.82) is 0 Å². The molecule has 2 aliphatic rings. The normalized spacial score (nSPS) is 23.8. The van der Waals surface area contributed by atoms with Gasteiger partial charge in [-0.15, -0.1) is 0 Å². The van der Waals surface area contributed by atoms with E-state index in [0.717, 1.165) is 43.7 Å². The molecule has 0 saturated carbocycles. The number of benzene rings is 1. The molecule has 0 spiro atoms. The van der Waals surface area contributed by atoms with Gasteiger partial charge in [-0.1, -0.05) is 12.1 Å². The molecule has 0 radical (unpaired) electrons. The second-order valence-corrected chi connectivity index (χ2v) is 9.51. The van der Waals surface area contributed by atoms with Crippen molar-refractivity contribution in [2.75, 3.05) is 34.5 Å². The van der Waals surface area contributed by atoms with E-state index in [1.165, 1.54) is 0 Å². The molecule has 0 N–H and O–H groups in total. The number of ether oxygens (including phenoxy) is 4. The third kappa shape index (κ3) is 4.82. The summed E-state index contributed by atoms with van der Waals surface area (Å²) in [4.78, 5) is 0. The second-order valence-electron chi connectivity index (χ2n) is 6.63. The molecule has 8 heteroatoms. The van der Waals surface area contributed by atoms with Gasteiger partial charge in [0.1, 0.15) is 0 Å². The van der Waals surface area contributed by atoms with Gasteiger partial charge in [-0.2, -0.15) is 0 Å². The molecule has 2 heterocycles. The summed E-state index contributed by atoms with van der Waals surface area (Å²) in [5.74, 6) is 1.15. The van der Waals surface area contributed by atoms with E-state index in [1.54, 1.807) is 21.3 Å². The van der Waals surface area contributed by atoms with E-state index < -0.39 is 8.80 Å². The van der Waals surface area contributed by atoms with Crippen LogP contribution in [0.5, 0.6) is 11.5 Å². The average Bonchev–Trinajstić information content (AvgIpc) is 2.73. The third-order valence-corrected chi connectivity index (χ3v) is 7.56. The van der Waals surface area contributed by atoms with Crippen LogP contribution >= 0.6 is 0 Å². The molecule has 0 bridgehead atoms. The zero-order valence-electron chi connectivity index (χ0n) is 16.4. The first kappa shape index (κ1) is 20.6. The number of hydrogen-bond acceptors (Lipinski definition) is 7. The first-order chi connectivity index (χ1) is 13.2. The van der Waals surface area contributed by atoms with Crippen molar-refractivity contribution in [2.45, 2.75) is 51.1 Å². The van der Waals surface area contributed by atoms with Gasteiger partial charge < -0.3 is 32.2 Å². The van der Waals surface area contributed by atoms with Crippen LogP contribution in [0, 0.1) is 0 Å². The van der Waals surface area contributed by atoms with Crippen molar-refractivity contribution in [3.8, 4) is 11.5 Å². The topological polar surface area (TPSA) is 64.6 Å². The summed E-state index contributed by atoms with van der Waals surface area (Å²) in [6.07, 6.45) is 5.33. The van der Waals surface area contributed by atoms with E-state index in [2.05, 4.69) is 0 Å². The minimum absolute atomic E-state index is 0.285. The Kier molecular flexibility index (Phi) is 7.51. The number of hydrogen-bond donors (Lipinski definition) is 0. The van der Waals surface area contributed by atoms with Crippen molar-refractivity contribution in [3.05, 3.63) is 18.2 Å². The smallest absolute Gasteiger partial charge is 0.461 e. The number of rotatable bonds is 8. The molecule has 2 atom stereocenters. The Bertz CT molecular complexity index is 573. The van der Waals surface area contributed by atoms with E-state index in [-0.39, 0.29) is 12.6 Å². The first-order valence-electron chi connectivity index (χ1n) is 9.58. The van der Waals surface area contributed by atoms with Gasteiger partial charge >= 0.3 is 8.80 Å². The maximum atomic E-state index is 6.26. The summed E-state index contributed by atoms with van der Waals surface area (Å²) in [6, 6.07) is 5.66. The third-order valence-electron chi connectivity index (χ3n) is 4.90. The molecule has 2 unspecified atom stereocenters. The molecule has 2 fully saturated rings. The van der Waals surface area contributed by atoms with Crippen LogP contribution in [0.3, 0.4) is 0 Å². The monoisotopic (exact) mass is 398 g/mol. The maximum Gasteiger partial charge on any atom is 0.540 e. The van der Waals surface area contributed by atoms with Gasteiger partial charge in [0.05, 0.1) is 18.4 Å². The second kappa shape index (κ2) is 9.86. The Morgan fingerprint density at radius 3 is 1.93 bits per heavy atom. The molecular formula is C19H30O7Si. The highest BCUT2D eigenvalue weighted by Crippen LogP contribution is 2.32. The standard InChI is InChI=1S/C19H30O7Si/c1-20-27(21-2,22-3)16-10-8-9-15(25-17-11-4-6-13-23-17)19(16)26-18-12-5-7-14-24-18/h8-10,17-18H,4-7,11-14H2,1-3H3. The minimum Gasteiger partial charge on any atom is -0.461 e. The van der Waals surface area contributed by atoms with Crippen LogP contribution < -0.4 is 14.7 Å². The van der Waals surface area contributed by atoms with Gasteiger partial charge in [0.15, 0.2) is 24.1 Å². The Hall–Kier alpha value is -1.16.